The fourth-order valence-electron chi connectivity index (χ4n) is 1.83. The Balaban J connectivity index is 2.01. The molecule has 0 fully saturated rings. The number of anilines is 2. The molecule has 5 heteroatoms. The van der Waals surface area contributed by atoms with Gasteiger partial charge in [0, 0.05) is 24.5 Å². The molecular weight excluding hydrogens is 256 g/mol. The first-order valence-corrected chi connectivity index (χ1v) is 6.68. The maximum atomic E-state index is 5.28. The van der Waals surface area contributed by atoms with Crippen LogP contribution in [-0.2, 0) is 6.54 Å². The van der Waals surface area contributed by atoms with Crippen LogP contribution >= 0.6 is 12.2 Å². The number of aromatic nitrogens is 2. The van der Waals surface area contributed by atoms with Gasteiger partial charge < -0.3 is 10.6 Å². The van der Waals surface area contributed by atoms with Crippen molar-refractivity contribution in [1.29, 1.82) is 0 Å². The van der Waals surface area contributed by atoms with Gasteiger partial charge in [-0.2, -0.15) is 5.10 Å². The van der Waals surface area contributed by atoms with E-state index in [-0.39, 0.29) is 0 Å². The molecule has 0 aliphatic carbocycles. The van der Waals surface area contributed by atoms with Crippen molar-refractivity contribution >= 4 is 28.8 Å². The molecule has 0 unspecified atom stereocenters. The Morgan fingerprint density at radius 2 is 2.05 bits per heavy atom. The zero-order valence-electron chi connectivity index (χ0n) is 11.4. The van der Waals surface area contributed by atoms with Crippen molar-refractivity contribution in [2.45, 2.75) is 27.3 Å². The molecule has 2 N–H and O–H groups in total. The highest BCUT2D eigenvalue weighted by Gasteiger charge is 2.03. The molecule has 0 bridgehead atoms. The first-order chi connectivity index (χ1) is 9.08. The lowest BCUT2D eigenvalue weighted by atomic mass is 10.1. The molecule has 4 nitrogen and oxygen atoms in total. The summed E-state index contributed by atoms with van der Waals surface area (Å²) < 4.78 is 1.85. The third-order valence-electron chi connectivity index (χ3n) is 2.84. The average molecular weight is 274 g/mol. The zero-order valence-corrected chi connectivity index (χ0v) is 12.2. The van der Waals surface area contributed by atoms with Gasteiger partial charge in [0.25, 0.3) is 0 Å². The zero-order chi connectivity index (χ0) is 13.8. The van der Waals surface area contributed by atoms with Gasteiger partial charge >= 0.3 is 0 Å². The smallest absolute Gasteiger partial charge is 0.176 e. The van der Waals surface area contributed by atoms with Crippen molar-refractivity contribution in [3.63, 3.8) is 0 Å². The fourth-order valence-corrected chi connectivity index (χ4v) is 2.04. The first-order valence-electron chi connectivity index (χ1n) is 6.27. The van der Waals surface area contributed by atoms with Crippen LogP contribution in [0.25, 0.3) is 0 Å². The molecule has 0 amide bonds. The van der Waals surface area contributed by atoms with Gasteiger partial charge in [-0.3, -0.25) is 4.68 Å². The summed E-state index contributed by atoms with van der Waals surface area (Å²) in [4.78, 5) is 0. The number of nitrogens with zero attached hydrogens (tertiary/aromatic N) is 2. The summed E-state index contributed by atoms with van der Waals surface area (Å²) in [6.45, 7) is 7.02. The molecule has 0 aliphatic heterocycles. The average Bonchev–Trinajstić information content (AvgIpc) is 2.80. The van der Waals surface area contributed by atoms with E-state index < -0.39 is 0 Å². The number of hydrogen-bond acceptors (Lipinski definition) is 2. The number of rotatable bonds is 3. The van der Waals surface area contributed by atoms with E-state index in [9.17, 15) is 0 Å². The lowest BCUT2D eigenvalue weighted by Crippen LogP contribution is -2.20. The number of benzene rings is 1. The van der Waals surface area contributed by atoms with E-state index in [1.165, 1.54) is 11.1 Å². The van der Waals surface area contributed by atoms with Crippen molar-refractivity contribution in [1.82, 2.24) is 9.78 Å². The Hall–Kier alpha value is -1.88. The van der Waals surface area contributed by atoms with E-state index in [0.29, 0.717) is 5.11 Å². The number of aryl methyl sites for hydroxylation is 3. The van der Waals surface area contributed by atoms with Crippen LogP contribution < -0.4 is 10.6 Å². The van der Waals surface area contributed by atoms with Crippen LogP contribution in [0.1, 0.15) is 18.1 Å². The maximum absolute atomic E-state index is 5.28. The maximum Gasteiger partial charge on any atom is 0.176 e. The Morgan fingerprint density at radius 1 is 1.26 bits per heavy atom. The first kappa shape index (κ1) is 13.5. The van der Waals surface area contributed by atoms with Gasteiger partial charge in [-0.05, 0) is 44.6 Å². The van der Waals surface area contributed by atoms with Crippen molar-refractivity contribution in [3.8, 4) is 0 Å². The lowest BCUT2D eigenvalue weighted by Gasteiger charge is -2.11. The molecule has 0 saturated carbocycles. The van der Waals surface area contributed by atoms with E-state index in [1.807, 2.05) is 29.9 Å². The summed E-state index contributed by atoms with van der Waals surface area (Å²) in [5, 5.41) is 11.1. The second kappa shape index (κ2) is 5.84. The fraction of sp³-hybridized carbons (Fsp3) is 0.286. The monoisotopic (exact) mass is 274 g/mol. The molecule has 100 valence electrons. The van der Waals surface area contributed by atoms with Gasteiger partial charge in [0.05, 0.1) is 0 Å². The molecule has 1 aromatic heterocycles. The Bertz CT molecular complexity index is 589. The quantitative estimate of drug-likeness (QED) is 0.843. The van der Waals surface area contributed by atoms with Gasteiger partial charge in [0.2, 0.25) is 0 Å². The van der Waals surface area contributed by atoms with Crippen molar-refractivity contribution in [2.24, 2.45) is 0 Å². The van der Waals surface area contributed by atoms with E-state index in [0.717, 1.165) is 18.1 Å². The predicted molar refractivity (Wildman–Crippen MR) is 83.7 cm³/mol. The second-order valence-corrected chi connectivity index (χ2v) is 4.86. The standard InChI is InChI=1S/C14H18N4S/c1-4-18-8-7-13(17-18)16-14(19)15-12-6-5-10(2)9-11(12)3/h5-9H,4H2,1-3H3,(H2,15,16,17,19). The Kier molecular flexibility index (Phi) is 4.16. The van der Waals surface area contributed by atoms with E-state index in [4.69, 9.17) is 12.2 Å². The van der Waals surface area contributed by atoms with Crippen LogP contribution in [0.15, 0.2) is 30.5 Å². The summed E-state index contributed by atoms with van der Waals surface area (Å²) >= 11 is 5.28. The van der Waals surface area contributed by atoms with E-state index in [2.05, 4.69) is 41.7 Å². The minimum atomic E-state index is 0.549. The molecule has 19 heavy (non-hydrogen) atoms. The molecule has 0 atom stereocenters. The number of nitrogens with one attached hydrogen (secondary N) is 2. The van der Waals surface area contributed by atoms with Crippen LogP contribution in [0.4, 0.5) is 11.5 Å². The van der Waals surface area contributed by atoms with Gasteiger partial charge in [-0.25, -0.2) is 0 Å². The van der Waals surface area contributed by atoms with Gasteiger partial charge in [0.15, 0.2) is 10.9 Å². The summed E-state index contributed by atoms with van der Waals surface area (Å²) in [6, 6.07) is 8.11. The van der Waals surface area contributed by atoms with Crippen molar-refractivity contribution in [2.75, 3.05) is 10.6 Å². The number of hydrogen-bond donors (Lipinski definition) is 2. The second-order valence-electron chi connectivity index (χ2n) is 4.45. The Morgan fingerprint density at radius 3 is 2.68 bits per heavy atom. The van der Waals surface area contributed by atoms with Crippen LogP contribution in [0, 0.1) is 13.8 Å². The van der Waals surface area contributed by atoms with Crippen molar-refractivity contribution in [3.05, 3.63) is 41.6 Å². The van der Waals surface area contributed by atoms with Crippen LogP contribution in [0.5, 0.6) is 0 Å². The topological polar surface area (TPSA) is 41.9 Å². The third-order valence-corrected chi connectivity index (χ3v) is 3.04. The number of thiocarbonyl (C=S) groups is 1. The highest BCUT2D eigenvalue weighted by molar-refractivity contribution is 7.80. The largest absolute Gasteiger partial charge is 0.332 e. The van der Waals surface area contributed by atoms with Crippen LogP contribution in [0.3, 0.4) is 0 Å². The molecule has 2 aromatic rings. The molecule has 1 heterocycles. The molecule has 2 rings (SSSR count). The minimum absolute atomic E-state index is 0.549. The predicted octanol–water partition coefficient (Wildman–Crippen LogP) is 3.33. The summed E-state index contributed by atoms with van der Waals surface area (Å²) in [6.07, 6.45) is 1.92. The highest BCUT2D eigenvalue weighted by atomic mass is 32.1. The lowest BCUT2D eigenvalue weighted by molar-refractivity contribution is 0.662. The molecule has 1 aromatic carbocycles. The van der Waals surface area contributed by atoms with Gasteiger partial charge in [-0.15, -0.1) is 0 Å². The summed E-state index contributed by atoms with van der Waals surface area (Å²) in [5.41, 5.74) is 3.42. The van der Waals surface area contributed by atoms with Gasteiger partial charge in [0.1, 0.15) is 0 Å². The molecule has 0 saturated heterocycles. The van der Waals surface area contributed by atoms with Gasteiger partial charge in [-0.1, -0.05) is 17.7 Å². The highest BCUT2D eigenvalue weighted by Crippen LogP contribution is 2.16. The molecule has 0 radical (unpaired) electrons. The molecular formula is C14H18N4S. The normalized spacial score (nSPS) is 10.3. The van der Waals surface area contributed by atoms with Crippen LogP contribution in [-0.4, -0.2) is 14.9 Å². The van der Waals surface area contributed by atoms with E-state index in [1.54, 1.807) is 0 Å². The SMILES string of the molecule is CCn1ccc(NC(=S)Nc2ccc(C)cc2C)n1. The summed E-state index contributed by atoms with van der Waals surface area (Å²) in [5.74, 6) is 0.754. The minimum Gasteiger partial charge on any atom is -0.332 e. The van der Waals surface area contributed by atoms with Crippen LogP contribution in [0.2, 0.25) is 0 Å². The van der Waals surface area contributed by atoms with E-state index >= 15 is 0 Å². The van der Waals surface area contributed by atoms with Crippen molar-refractivity contribution < 1.29 is 0 Å². The third kappa shape index (κ3) is 3.54. The molecule has 0 aliphatic rings. The Labute approximate surface area is 118 Å². The summed E-state index contributed by atoms with van der Waals surface area (Å²) in [7, 11) is 0. The molecule has 0 spiro atoms.